The van der Waals surface area contributed by atoms with E-state index in [9.17, 15) is 14.4 Å². The second kappa shape index (κ2) is 8.74. The molecule has 0 aliphatic carbocycles. The number of hydrogen-bond acceptors (Lipinski definition) is 6. The van der Waals surface area contributed by atoms with Gasteiger partial charge in [0.25, 0.3) is 5.91 Å². The predicted octanol–water partition coefficient (Wildman–Crippen LogP) is 0.849. The number of aromatic nitrogens is 4. The number of amides is 3. The summed E-state index contributed by atoms with van der Waals surface area (Å²) in [4.78, 5) is 39.6. The summed E-state index contributed by atoms with van der Waals surface area (Å²) in [6, 6.07) is 16.8. The van der Waals surface area contributed by atoms with Crippen molar-refractivity contribution in [2.45, 2.75) is 19.9 Å². The quantitative estimate of drug-likeness (QED) is 0.591. The van der Waals surface area contributed by atoms with Gasteiger partial charge in [-0.25, -0.2) is 0 Å². The average molecular weight is 419 g/mol. The fourth-order valence-electron chi connectivity index (χ4n) is 3.27. The maximum absolute atomic E-state index is 12.4. The Hall–Kier alpha value is -4.08. The zero-order valence-electron chi connectivity index (χ0n) is 16.9. The van der Waals surface area contributed by atoms with E-state index < -0.39 is 17.7 Å². The number of carbonyl (C=O) groups is 3. The molecule has 31 heavy (non-hydrogen) atoms. The van der Waals surface area contributed by atoms with Crippen LogP contribution in [-0.2, 0) is 20.9 Å². The number of benzene rings is 2. The first-order chi connectivity index (χ1) is 15.0. The number of aryl methyl sites for hydroxylation is 1. The molecule has 0 spiro atoms. The molecule has 0 unspecified atom stereocenters. The fourth-order valence-corrected chi connectivity index (χ4v) is 3.27. The lowest BCUT2D eigenvalue weighted by Crippen LogP contribution is -2.46. The van der Waals surface area contributed by atoms with Gasteiger partial charge >= 0.3 is 0 Å². The molecule has 0 radical (unpaired) electrons. The second-order valence-electron chi connectivity index (χ2n) is 7.29. The highest BCUT2D eigenvalue weighted by molar-refractivity contribution is 6.00. The Bertz CT molecular complexity index is 1100. The molecular formula is C21H21N7O3. The third-order valence-corrected chi connectivity index (χ3v) is 4.94. The summed E-state index contributed by atoms with van der Waals surface area (Å²) >= 11 is 0. The molecule has 158 valence electrons. The van der Waals surface area contributed by atoms with E-state index in [1.165, 1.54) is 0 Å². The van der Waals surface area contributed by atoms with Crippen LogP contribution in [-0.4, -0.2) is 44.5 Å². The van der Waals surface area contributed by atoms with E-state index in [1.54, 1.807) is 4.90 Å². The van der Waals surface area contributed by atoms with Crippen LogP contribution in [0.15, 0.2) is 54.6 Å². The van der Waals surface area contributed by atoms with E-state index >= 15 is 0 Å². The summed E-state index contributed by atoms with van der Waals surface area (Å²) in [6.07, 6.45) is 0.0840. The molecule has 1 aliphatic heterocycles. The van der Waals surface area contributed by atoms with Crippen LogP contribution in [0.5, 0.6) is 0 Å². The average Bonchev–Trinajstić information content (AvgIpc) is 3.40. The standard InChI is InChI=1S/C21H21N7O3/c1-14-7-9-17(10-8-14)27-12-16(11-19(27)30)21(31)24-22-18(29)13-28-25-20(23-26-28)15-5-3-2-4-6-15/h2-10,16H,11-13H2,1H3,(H,22,29)(H,24,31)/t16-/m0/s1. The van der Waals surface area contributed by atoms with Crippen LogP contribution in [0.25, 0.3) is 11.4 Å². The summed E-state index contributed by atoms with van der Waals surface area (Å²) in [5.41, 5.74) is 7.34. The summed E-state index contributed by atoms with van der Waals surface area (Å²) in [5.74, 6) is -1.21. The maximum Gasteiger partial charge on any atom is 0.262 e. The monoisotopic (exact) mass is 419 g/mol. The number of anilines is 1. The topological polar surface area (TPSA) is 122 Å². The first-order valence-electron chi connectivity index (χ1n) is 9.78. The van der Waals surface area contributed by atoms with E-state index in [0.717, 1.165) is 21.6 Å². The van der Waals surface area contributed by atoms with Crippen molar-refractivity contribution >= 4 is 23.4 Å². The molecule has 0 bridgehead atoms. The van der Waals surface area contributed by atoms with Gasteiger partial charge in [-0.15, -0.1) is 10.2 Å². The second-order valence-corrected chi connectivity index (χ2v) is 7.29. The highest BCUT2D eigenvalue weighted by atomic mass is 16.2. The van der Waals surface area contributed by atoms with Crippen molar-refractivity contribution in [3.8, 4) is 11.4 Å². The number of rotatable bonds is 5. The van der Waals surface area contributed by atoms with E-state index in [2.05, 4.69) is 26.3 Å². The van der Waals surface area contributed by atoms with Crippen LogP contribution < -0.4 is 15.8 Å². The highest BCUT2D eigenvalue weighted by Gasteiger charge is 2.35. The molecule has 3 amide bonds. The normalized spacial score (nSPS) is 15.7. The summed E-state index contributed by atoms with van der Waals surface area (Å²) < 4.78 is 0. The van der Waals surface area contributed by atoms with Crippen LogP contribution in [0.4, 0.5) is 5.69 Å². The molecular weight excluding hydrogens is 398 g/mol. The zero-order valence-corrected chi connectivity index (χ0v) is 16.9. The van der Waals surface area contributed by atoms with Gasteiger partial charge in [-0.05, 0) is 24.3 Å². The lowest BCUT2D eigenvalue weighted by Gasteiger charge is -2.17. The number of tetrazole rings is 1. The van der Waals surface area contributed by atoms with Crippen LogP contribution in [0.3, 0.4) is 0 Å². The number of nitrogens with one attached hydrogen (secondary N) is 2. The van der Waals surface area contributed by atoms with Gasteiger partial charge in [-0.3, -0.25) is 25.2 Å². The van der Waals surface area contributed by atoms with Crippen LogP contribution in [0.2, 0.25) is 0 Å². The zero-order chi connectivity index (χ0) is 21.8. The third-order valence-electron chi connectivity index (χ3n) is 4.94. The van der Waals surface area contributed by atoms with Gasteiger partial charge in [0.1, 0.15) is 6.54 Å². The molecule has 0 saturated carbocycles. The molecule has 1 aliphatic rings. The Kier molecular flexibility index (Phi) is 5.69. The predicted molar refractivity (Wildman–Crippen MR) is 111 cm³/mol. The Morgan fingerprint density at radius 3 is 2.55 bits per heavy atom. The smallest absolute Gasteiger partial charge is 0.262 e. The van der Waals surface area contributed by atoms with Gasteiger partial charge in [0.15, 0.2) is 0 Å². The van der Waals surface area contributed by atoms with Crippen molar-refractivity contribution in [2.24, 2.45) is 5.92 Å². The van der Waals surface area contributed by atoms with E-state index in [4.69, 9.17) is 0 Å². The Labute approximate surface area is 178 Å². The largest absolute Gasteiger partial charge is 0.312 e. The summed E-state index contributed by atoms with van der Waals surface area (Å²) in [5, 5.41) is 11.9. The Morgan fingerprint density at radius 1 is 1.06 bits per heavy atom. The molecule has 4 rings (SSSR count). The molecule has 10 heteroatoms. The molecule has 10 nitrogen and oxygen atoms in total. The van der Waals surface area contributed by atoms with Crippen LogP contribution >= 0.6 is 0 Å². The third kappa shape index (κ3) is 4.74. The lowest BCUT2D eigenvalue weighted by molar-refractivity contribution is -0.131. The van der Waals surface area contributed by atoms with Gasteiger partial charge in [-0.1, -0.05) is 48.0 Å². The SMILES string of the molecule is Cc1ccc(N2C[C@@H](C(=O)NNC(=O)Cn3nnc(-c4ccccc4)n3)CC2=O)cc1. The Morgan fingerprint density at radius 2 is 1.81 bits per heavy atom. The number of hydrogen-bond donors (Lipinski definition) is 2. The van der Waals surface area contributed by atoms with Crippen molar-refractivity contribution in [2.75, 3.05) is 11.4 Å². The molecule has 1 atom stereocenters. The van der Waals surface area contributed by atoms with Crippen LogP contribution in [0, 0.1) is 12.8 Å². The minimum Gasteiger partial charge on any atom is -0.312 e. The molecule has 3 aromatic rings. The minimum absolute atomic E-state index is 0.0840. The molecule has 2 aromatic carbocycles. The maximum atomic E-state index is 12.4. The van der Waals surface area contributed by atoms with Gasteiger partial charge in [0.05, 0.1) is 5.92 Å². The highest BCUT2D eigenvalue weighted by Crippen LogP contribution is 2.25. The van der Waals surface area contributed by atoms with E-state index in [0.29, 0.717) is 5.82 Å². The first-order valence-corrected chi connectivity index (χ1v) is 9.78. The molecule has 2 heterocycles. The number of nitrogens with zero attached hydrogens (tertiary/aromatic N) is 5. The molecule has 1 saturated heterocycles. The van der Waals surface area contributed by atoms with Gasteiger partial charge < -0.3 is 4.90 Å². The number of carbonyl (C=O) groups excluding carboxylic acids is 3. The number of hydrazine groups is 1. The van der Waals surface area contributed by atoms with E-state index in [-0.39, 0.29) is 25.4 Å². The fraction of sp³-hybridized carbons (Fsp3) is 0.238. The van der Waals surface area contributed by atoms with E-state index in [1.807, 2.05) is 61.5 Å². The van der Waals surface area contributed by atoms with Crippen molar-refractivity contribution in [3.63, 3.8) is 0 Å². The summed E-state index contributed by atoms with van der Waals surface area (Å²) in [7, 11) is 0. The molecule has 1 fully saturated rings. The van der Waals surface area contributed by atoms with Crippen molar-refractivity contribution in [1.82, 2.24) is 31.1 Å². The van der Waals surface area contributed by atoms with Crippen molar-refractivity contribution in [3.05, 3.63) is 60.2 Å². The van der Waals surface area contributed by atoms with Crippen LogP contribution in [0.1, 0.15) is 12.0 Å². The van der Waals surface area contributed by atoms with Gasteiger partial charge in [0, 0.05) is 24.2 Å². The van der Waals surface area contributed by atoms with Crippen molar-refractivity contribution in [1.29, 1.82) is 0 Å². The Balaban J connectivity index is 1.28. The lowest BCUT2D eigenvalue weighted by atomic mass is 10.1. The van der Waals surface area contributed by atoms with Gasteiger partial charge in [-0.2, -0.15) is 4.80 Å². The molecule has 1 aromatic heterocycles. The minimum atomic E-state index is -0.553. The summed E-state index contributed by atoms with van der Waals surface area (Å²) in [6.45, 7) is 2.01. The van der Waals surface area contributed by atoms with Gasteiger partial charge in [0.2, 0.25) is 17.6 Å². The molecule has 2 N–H and O–H groups in total. The van der Waals surface area contributed by atoms with Crippen molar-refractivity contribution < 1.29 is 14.4 Å². The first kappa shape index (κ1) is 20.2.